The van der Waals surface area contributed by atoms with Gasteiger partial charge in [-0.1, -0.05) is 196 Å². The van der Waals surface area contributed by atoms with E-state index in [9.17, 15) is 0 Å². The second-order valence-corrected chi connectivity index (χ2v) is 21.6. The first-order valence-electron chi connectivity index (χ1n) is 19.8. The molecule has 0 radical (unpaired) electrons. The minimum atomic E-state index is -3.09. The molecule has 56 heavy (non-hydrogen) atoms. The average molecular weight is 763 g/mol. The van der Waals surface area contributed by atoms with Gasteiger partial charge in [-0.2, -0.15) is 0 Å². The van der Waals surface area contributed by atoms with E-state index in [0.29, 0.717) is 12.3 Å². The zero-order valence-electron chi connectivity index (χ0n) is 31.9. The van der Waals surface area contributed by atoms with Crippen LogP contribution in [0.3, 0.4) is 0 Å². The van der Waals surface area contributed by atoms with Gasteiger partial charge in [0, 0.05) is 44.4 Å². The molecule has 10 rings (SSSR count). The summed E-state index contributed by atoms with van der Waals surface area (Å²) in [6.45, 7) is 4.70. The highest BCUT2D eigenvalue weighted by Gasteiger charge is 2.62. The number of allylic oxidation sites excluding steroid dienone is 4. The molecule has 2 nitrogen and oxygen atoms in total. The van der Waals surface area contributed by atoms with Gasteiger partial charge in [-0.15, -0.1) is 0 Å². The Morgan fingerprint density at radius 1 is 0.357 bits per heavy atom. The third-order valence-electron chi connectivity index (χ3n) is 12.9. The van der Waals surface area contributed by atoms with Crippen molar-refractivity contribution >= 4 is 46.7 Å². The van der Waals surface area contributed by atoms with Crippen LogP contribution in [-0.2, 0) is 9.13 Å². The average Bonchev–Trinajstić information content (AvgIpc) is 3.82. The quantitative estimate of drug-likeness (QED) is 0.138. The number of hydrogen-bond acceptors (Lipinski definition) is 2. The van der Waals surface area contributed by atoms with E-state index >= 15 is 9.13 Å². The van der Waals surface area contributed by atoms with Gasteiger partial charge in [0.05, 0.1) is 0 Å². The maximum Gasteiger partial charge on any atom is 0.145 e. The third-order valence-corrected chi connectivity index (χ3v) is 20.0. The van der Waals surface area contributed by atoms with Crippen LogP contribution in [0.25, 0.3) is 32.4 Å². The first-order chi connectivity index (χ1) is 27.3. The van der Waals surface area contributed by atoms with E-state index in [4.69, 9.17) is 0 Å². The van der Waals surface area contributed by atoms with Crippen LogP contribution in [0.15, 0.2) is 193 Å². The number of hydrogen-bond donors (Lipinski definition) is 0. The van der Waals surface area contributed by atoms with Crippen LogP contribution in [0, 0.1) is 10.8 Å². The maximum absolute atomic E-state index is 16.3. The Bertz CT molecular complexity index is 2540. The van der Waals surface area contributed by atoms with Crippen LogP contribution >= 0.6 is 14.3 Å². The van der Waals surface area contributed by atoms with Crippen LogP contribution in [0.1, 0.15) is 60.1 Å². The topological polar surface area (TPSA) is 34.1 Å². The molecule has 0 spiro atoms. The number of rotatable bonds is 9. The summed E-state index contributed by atoms with van der Waals surface area (Å²) >= 11 is 0. The molecule has 0 aliphatic carbocycles. The van der Waals surface area contributed by atoms with Crippen molar-refractivity contribution in [1.82, 2.24) is 0 Å². The number of fused-ring (bicyclic) bond motifs is 4. The molecule has 0 saturated heterocycles. The van der Waals surface area contributed by atoms with E-state index in [0.717, 1.165) is 67.5 Å². The van der Waals surface area contributed by atoms with Crippen LogP contribution in [-0.4, -0.2) is 12.3 Å². The molecular formula is C52H44O2P2. The van der Waals surface area contributed by atoms with Crippen molar-refractivity contribution in [2.75, 3.05) is 12.3 Å². The lowest BCUT2D eigenvalue weighted by Gasteiger charge is -2.36. The van der Waals surface area contributed by atoms with E-state index in [1.807, 2.05) is 24.3 Å². The summed E-state index contributed by atoms with van der Waals surface area (Å²) in [6.07, 6.45) is 2.63. The highest BCUT2D eigenvalue weighted by atomic mass is 31.2. The van der Waals surface area contributed by atoms with E-state index in [2.05, 4.69) is 172 Å². The zero-order valence-corrected chi connectivity index (χ0v) is 33.6. The van der Waals surface area contributed by atoms with Crippen molar-refractivity contribution in [2.45, 2.75) is 26.7 Å². The second kappa shape index (κ2) is 13.2. The van der Waals surface area contributed by atoms with Gasteiger partial charge in [0.1, 0.15) is 14.3 Å². The predicted octanol–water partition coefficient (Wildman–Crippen LogP) is 14.5. The maximum atomic E-state index is 16.3. The molecule has 0 N–H and O–H groups in total. The molecule has 4 bridgehead atoms. The van der Waals surface area contributed by atoms with Gasteiger partial charge >= 0.3 is 0 Å². The zero-order chi connectivity index (χ0) is 38.1. The molecule has 4 unspecified atom stereocenters. The van der Waals surface area contributed by atoms with Gasteiger partial charge in [-0.05, 0) is 68.5 Å². The molecule has 0 amide bonds. The molecule has 4 heterocycles. The molecule has 0 aromatic heterocycles. The minimum Gasteiger partial charge on any atom is -0.314 e. The Kier molecular flexibility index (Phi) is 8.27. The lowest BCUT2D eigenvalue weighted by atomic mass is 9.68. The largest absolute Gasteiger partial charge is 0.314 e. The van der Waals surface area contributed by atoms with Crippen molar-refractivity contribution in [3.05, 3.63) is 227 Å². The SMILES string of the molecule is CC12CP(=O)(C(c3ccccc3)=C1CCC1=C(c3ccccc3)P3(=O)CC1(C)C(c1ccccc1)=C3c1ccccc1)C(c1ccccc1)=C2c1ccccc1. The Morgan fingerprint density at radius 2 is 0.589 bits per heavy atom. The monoisotopic (exact) mass is 762 g/mol. The van der Waals surface area contributed by atoms with Crippen molar-refractivity contribution in [2.24, 2.45) is 10.8 Å². The molecule has 4 atom stereocenters. The lowest BCUT2D eigenvalue weighted by molar-refractivity contribution is 0.548. The molecule has 0 fully saturated rings. The molecule has 274 valence electrons. The summed E-state index contributed by atoms with van der Waals surface area (Å²) < 4.78 is 32.5. The molecule has 0 saturated carbocycles. The fourth-order valence-corrected chi connectivity index (χ4v) is 19.8. The van der Waals surface area contributed by atoms with Gasteiger partial charge in [0.2, 0.25) is 0 Å². The van der Waals surface area contributed by atoms with E-state index < -0.39 is 25.1 Å². The summed E-state index contributed by atoms with van der Waals surface area (Å²) in [5.41, 5.74) is 10.5. The lowest BCUT2D eigenvalue weighted by Crippen LogP contribution is -2.23. The predicted molar refractivity (Wildman–Crippen MR) is 237 cm³/mol. The summed E-state index contributed by atoms with van der Waals surface area (Å²) in [4.78, 5) is 0. The normalized spacial score (nSPS) is 26.5. The molecular weight excluding hydrogens is 719 g/mol. The van der Waals surface area contributed by atoms with Crippen molar-refractivity contribution in [3.63, 3.8) is 0 Å². The van der Waals surface area contributed by atoms with Gasteiger partial charge in [-0.3, -0.25) is 0 Å². The van der Waals surface area contributed by atoms with Gasteiger partial charge in [0.15, 0.2) is 0 Å². The van der Waals surface area contributed by atoms with Crippen LogP contribution in [0.2, 0.25) is 0 Å². The Hall–Kier alpha value is -5.26. The van der Waals surface area contributed by atoms with E-state index in [1.165, 1.54) is 22.3 Å². The third kappa shape index (κ3) is 5.09. The van der Waals surface area contributed by atoms with E-state index in [-0.39, 0.29) is 0 Å². The van der Waals surface area contributed by atoms with Gasteiger partial charge < -0.3 is 9.13 Å². The van der Waals surface area contributed by atoms with Crippen LogP contribution < -0.4 is 0 Å². The highest BCUT2D eigenvalue weighted by Crippen LogP contribution is 2.87. The molecule has 6 aromatic carbocycles. The van der Waals surface area contributed by atoms with Crippen molar-refractivity contribution in [1.29, 1.82) is 0 Å². The summed E-state index contributed by atoms with van der Waals surface area (Å²) in [7, 11) is -6.19. The fraction of sp³-hybridized carbons (Fsp3) is 0.154. The molecule has 6 aromatic rings. The fourth-order valence-electron chi connectivity index (χ4n) is 10.9. The van der Waals surface area contributed by atoms with Gasteiger partial charge in [0.25, 0.3) is 0 Å². The molecule has 4 aliphatic heterocycles. The van der Waals surface area contributed by atoms with E-state index in [1.54, 1.807) is 0 Å². The van der Waals surface area contributed by atoms with Crippen LogP contribution in [0.4, 0.5) is 0 Å². The van der Waals surface area contributed by atoms with Crippen LogP contribution in [0.5, 0.6) is 0 Å². The Labute approximate surface area is 330 Å². The Morgan fingerprint density at radius 3 is 0.857 bits per heavy atom. The summed E-state index contributed by atoms with van der Waals surface area (Å²) in [5.74, 6) is 0. The first-order valence-corrected chi connectivity index (χ1v) is 23.6. The molecule has 4 aliphatic rings. The summed E-state index contributed by atoms with van der Waals surface area (Å²) in [6, 6.07) is 63.2. The van der Waals surface area contributed by atoms with Gasteiger partial charge in [-0.25, -0.2) is 0 Å². The number of benzene rings is 6. The minimum absolute atomic E-state index is 0.448. The Balaban J connectivity index is 1.19. The van der Waals surface area contributed by atoms with Crippen molar-refractivity contribution < 1.29 is 9.13 Å². The smallest absolute Gasteiger partial charge is 0.145 e. The highest BCUT2D eigenvalue weighted by molar-refractivity contribution is 7.85. The molecule has 4 heteroatoms. The summed E-state index contributed by atoms with van der Waals surface area (Å²) in [5, 5.41) is 4.09. The standard InChI is InChI=1S/C52H44O2P2/c1-51-35-55(53,49(41-29-17-7-18-30-41)45(51)37-21-9-3-10-22-37)47(39-25-13-5-14-26-39)43(51)33-34-44-48(40-27-15-6-16-28-40)56(54)36-52(44,2)46(38-23-11-4-12-24-38)50(56)42-31-19-8-20-32-42/h3-32H,33-36H2,1-2H3. The second-order valence-electron chi connectivity index (χ2n) is 16.3. The first kappa shape index (κ1) is 35.2. The van der Waals surface area contributed by atoms with Crippen molar-refractivity contribution in [3.8, 4) is 0 Å².